The summed E-state index contributed by atoms with van der Waals surface area (Å²) >= 11 is 12.0. The van der Waals surface area contributed by atoms with Crippen molar-refractivity contribution in [3.05, 3.63) is 63.6 Å². The molecule has 5 nitrogen and oxygen atoms in total. The van der Waals surface area contributed by atoms with Crippen LogP contribution in [0.5, 0.6) is 0 Å². The van der Waals surface area contributed by atoms with E-state index in [1.165, 1.54) is 10.4 Å². The van der Waals surface area contributed by atoms with E-state index in [0.29, 0.717) is 28.7 Å². The number of halogens is 2. The van der Waals surface area contributed by atoms with Gasteiger partial charge in [-0.1, -0.05) is 40.9 Å². The third-order valence-electron chi connectivity index (χ3n) is 4.34. The summed E-state index contributed by atoms with van der Waals surface area (Å²) in [5.74, 6) is -0.245. The second-order valence-corrected chi connectivity index (χ2v) is 8.92. The molecule has 0 unspecified atom stereocenters. The molecule has 0 atom stereocenters. The molecule has 1 fully saturated rings. The van der Waals surface area contributed by atoms with Crippen LogP contribution in [0, 0.1) is 6.92 Å². The quantitative estimate of drug-likeness (QED) is 0.775. The predicted molar refractivity (Wildman–Crippen MR) is 102 cm³/mol. The number of hydrogen-bond acceptors (Lipinski definition) is 3. The number of benzene rings is 2. The molecule has 1 aliphatic rings. The lowest BCUT2D eigenvalue weighted by atomic mass is 10.2. The molecular weight excluding hydrogens is 395 g/mol. The van der Waals surface area contributed by atoms with Crippen molar-refractivity contribution in [2.75, 3.05) is 26.2 Å². The number of hydrogen-bond donors (Lipinski definition) is 0. The molecule has 1 saturated heterocycles. The molecule has 2 aromatic carbocycles. The van der Waals surface area contributed by atoms with Gasteiger partial charge in [0.2, 0.25) is 10.0 Å². The van der Waals surface area contributed by atoms with Crippen LogP contribution in [0.3, 0.4) is 0 Å². The third-order valence-corrected chi connectivity index (χ3v) is 6.82. The molecule has 1 amide bonds. The van der Waals surface area contributed by atoms with Crippen LogP contribution in [0.25, 0.3) is 0 Å². The van der Waals surface area contributed by atoms with E-state index < -0.39 is 10.0 Å². The highest BCUT2D eigenvalue weighted by molar-refractivity contribution is 7.89. The molecule has 0 aliphatic carbocycles. The highest BCUT2D eigenvalue weighted by atomic mass is 35.5. The molecule has 138 valence electrons. The Balaban J connectivity index is 1.71. The molecule has 0 bridgehead atoms. The zero-order valence-corrected chi connectivity index (χ0v) is 16.5. The Morgan fingerprint density at radius 3 is 2.19 bits per heavy atom. The van der Waals surface area contributed by atoms with Crippen LogP contribution in [-0.2, 0) is 10.0 Å². The number of sulfonamides is 1. The lowest BCUT2D eigenvalue weighted by molar-refractivity contribution is 0.0698. The first kappa shape index (κ1) is 19.2. The van der Waals surface area contributed by atoms with Gasteiger partial charge in [0.25, 0.3) is 5.91 Å². The SMILES string of the molecule is Cc1ccc(S(=O)(=O)N2CCN(C(=O)c3cc(Cl)ccc3Cl)CC2)cc1. The largest absolute Gasteiger partial charge is 0.336 e. The van der Waals surface area contributed by atoms with Gasteiger partial charge in [0.15, 0.2) is 0 Å². The topological polar surface area (TPSA) is 57.7 Å². The smallest absolute Gasteiger partial charge is 0.255 e. The zero-order chi connectivity index (χ0) is 18.9. The standard InChI is InChI=1S/C18H18Cl2N2O3S/c1-13-2-5-15(6-3-13)26(24,25)22-10-8-21(9-11-22)18(23)16-12-14(19)4-7-17(16)20/h2-7,12H,8-11H2,1H3. The van der Waals surface area contributed by atoms with Gasteiger partial charge in [-0.15, -0.1) is 0 Å². The fourth-order valence-corrected chi connectivity index (χ4v) is 4.62. The average Bonchev–Trinajstić information content (AvgIpc) is 2.63. The first-order valence-electron chi connectivity index (χ1n) is 8.10. The summed E-state index contributed by atoms with van der Waals surface area (Å²) in [7, 11) is -3.56. The van der Waals surface area contributed by atoms with E-state index in [4.69, 9.17) is 23.2 Å². The summed E-state index contributed by atoms with van der Waals surface area (Å²) in [4.78, 5) is 14.5. The van der Waals surface area contributed by atoms with Crippen LogP contribution in [0.1, 0.15) is 15.9 Å². The lowest BCUT2D eigenvalue weighted by Gasteiger charge is -2.34. The summed E-state index contributed by atoms with van der Waals surface area (Å²) < 4.78 is 26.9. The minimum Gasteiger partial charge on any atom is -0.336 e. The van der Waals surface area contributed by atoms with Gasteiger partial charge < -0.3 is 4.90 Å². The van der Waals surface area contributed by atoms with Crippen LogP contribution in [0.2, 0.25) is 10.0 Å². The van der Waals surface area contributed by atoms with Crippen molar-refractivity contribution in [2.24, 2.45) is 0 Å². The van der Waals surface area contributed by atoms with Crippen molar-refractivity contribution in [3.63, 3.8) is 0 Å². The van der Waals surface area contributed by atoms with Gasteiger partial charge in [0.1, 0.15) is 0 Å². The zero-order valence-electron chi connectivity index (χ0n) is 14.2. The minimum atomic E-state index is -3.56. The molecule has 1 heterocycles. The number of aryl methyl sites for hydroxylation is 1. The van der Waals surface area contributed by atoms with Gasteiger partial charge in [0, 0.05) is 31.2 Å². The van der Waals surface area contributed by atoms with Gasteiger partial charge in [-0.05, 0) is 37.3 Å². The van der Waals surface area contributed by atoms with Gasteiger partial charge >= 0.3 is 0 Å². The van der Waals surface area contributed by atoms with Crippen molar-refractivity contribution < 1.29 is 13.2 Å². The van der Waals surface area contributed by atoms with Crippen molar-refractivity contribution in [3.8, 4) is 0 Å². The third kappa shape index (κ3) is 3.88. The summed E-state index contributed by atoms with van der Waals surface area (Å²) in [6.07, 6.45) is 0. The van der Waals surface area contributed by atoms with Crippen molar-refractivity contribution in [1.29, 1.82) is 0 Å². The van der Waals surface area contributed by atoms with Gasteiger partial charge in [-0.3, -0.25) is 4.79 Å². The van der Waals surface area contributed by atoms with E-state index in [1.54, 1.807) is 41.3 Å². The predicted octanol–water partition coefficient (Wildman–Crippen LogP) is 3.45. The molecule has 2 aromatic rings. The lowest BCUT2D eigenvalue weighted by Crippen LogP contribution is -2.50. The molecular formula is C18H18Cl2N2O3S. The Kier molecular flexibility index (Phi) is 5.58. The molecule has 0 N–H and O–H groups in total. The summed E-state index contributed by atoms with van der Waals surface area (Å²) in [5, 5.41) is 0.757. The minimum absolute atomic E-state index is 0.236. The maximum atomic E-state index is 12.7. The number of amides is 1. The van der Waals surface area contributed by atoms with E-state index >= 15 is 0 Å². The molecule has 26 heavy (non-hydrogen) atoms. The van der Waals surface area contributed by atoms with Crippen molar-refractivity contribution in [2.45, 2.75) is 11.8 Å². The second kappa shape index (κ2) is 7.56. The van der Waals surface area contributed by atoms with E-state index in [-0.39, 0.29) is 23.9 Å². The Hall–Kier alpha value is -1.60. The molecule has 0 radical (unpaired) electrons. The summed E-state index contributed by atoms with van der Waals surface area (Å²) in [6.45, 7) is 2.97. The fourth-order valence-electron chi connectivity index (χ4n) is 2.82. The Morgan fingerprint density at radius 1 is 0.962 bits per heavy atom. The van der Waals surface area contributed by atoms with Crippen molar-refractivity contribution >= 4 is 39.1 Å². The maximum absolute atomic E-state index is 12.7. The molecule has 1 aliphatic heterocycles. The number of carbonyl (C=O) groups is 1. The Morgan fingerprint density at radius 2 is 1.58 bits per heavy atom. The second-order valence-electron chi connectivity index (χ2n) is 6.13. The fraction of sp³-hybridized carbons (Fsp3) is 0.278. The van der Waals surface area contributed by atoms with Crippen LogP contribution in [0.4, 0.5) is 0 Å². The van der Waals surface area contributed by atoms with E-state index in [0.717, 1.165) is 5.56 Å². The Bertz CT molecular complexity index is 922. The number of nitrogens with zero attached hydrogens (tertiary/aromatic N) is 2. The van der Waals surface area contributed by atoms with Crippen LogP contribution in [-0.4, -0.2) is 49.7 Å². The van der Waals surface area contributed by atoms with Gasteiger partial charge in [-0.2, -0.15) is 4.31 Å². The number of carbonyl (C=O) groups excluding carboxylic acids is 1. The number of piperazine rings is 1. The highest BCUT2D eigenvalue weighted by Gasteiger charge is 2.30. The van der Waals surface area contributed by atoms with E-state index in [1.807, 2.05) is 6.92 Å². The van der Waals surface area contributed by atoms with E-state index in [9.17, 15) is 13.2 Å². The van der Waals surface area contributed by atoms with Gasteiger partial charge in [0.05, 0.1) is 15.5 Å². The molecule has 0 spiro atoms. The monoisotopic (exact) mass is 412 g/mol. The van der Waals surface area contributed by atoms with Crippen molar-refractivity contribution in [1.82, 2.24) is 9.21 Å². The van der Waals surface area contributed by atoms with Gasteiger partial charge in [-0.25, -0.2) is 8.42 Å². The average molecular weight is 413 g/mol. The maximum Gasteiger partial charge on any atom is 0.255 e. The number of rotatable bonds is 3. The first-order valence-corrected chi connectivity index (χ1v) is 10.3. The molecule has 8 heteroatoms. The van der Waals surface area contributed by atoms with Crippen LogP contribution >= 0.6 is 23.2 Å². The van der Waals surface area contributed by atoms with E-state index in [2.05, 4.69) is 0 Å². The van der Waals surface area contributed by atoms with Crippen LogP contribution in [0.15, 0.2) is 47.4 Å². The highest BCUT2D eigenvalue weighted by Crippen LogP contribution is 2.24. The Labute approximate surface area is 163 Å². The summed E-state index contributed by atoms with van der Waals surface area (Å²) in [5.41, 5.74) is 1.33. The molecule has 0 saturated carbocycles. The summed E-state index contributed by atoms with van der Waals surface area (Å²) in [6, 6.07) is 11.5. The van der Waals surface area contributed by atoms with Crippen LogP contribution < -0.4 is 0 Å². The normalized spacial score (nSPS) is 15.9. The molecule has 0 aromatic heterocycles. The molecule has 3 rings (SSSR count). The first-order chi connectivity index (χ1) is 12.3.